The van der Waals surface area contributed by atoms with Gasteiger partial charge < -0.3 is 24.8 Å². The van der Waals surface area contributed by atoms with Gasteiger partial charge in [-0.3, -0.25) is 9.69 Å². The molecular weight excluding hydrogens is 732 g/mol. The minimum Gasteiger partial charge on any atom is -0.453 e. The number of alkyl halides is 1. The number of nitrogens with one attached hydrogen (secondary N) is 1. The van der Waals surface area contributed by atoms with Crippen molar-refractivity contribution in [2.24, 2.45) is 11.8 Å². The van der Waals surface area contributed by atoms with E-state index >= 15 is 8.78 Å². The number of methoxy groups -OCH3 is 1. The van der Waals surface area contributed by atoms with Gasteiger partial charge in [-0.15, -0.1) is 0 Å². The Hall–Kier alpha value is -3.80. The third-order valence-corrected chi connectivity index (χ3v) is 15.1. The number of hydrogen-bond donors (Lipinski definition) is 1. The number of rotatable bonds is 11. The summed E-state index contributed by atoms with van der Waals surface area (Å²) in [5.41, 5.74) is -0.873. The molecule has 4 aliphatic heterocycles. The van der Waals surface area contributed by atoms with E-state index in [1.165, 1.54) is 37.1 Å². The molecule has 298 valence electrons. The first-order valence-electron chi connectivity index (χ1n) is 19.6. The van der Waals surface area contributed by atoms with Crippen molar-refractivity contribution in [3.8, 4) is 11.8 Å². The Morgan fingerprint density at radius 2 is 1.73 bits per heavy atom. The highest BCUT2D eigenvalue weighted by Gasteiger charge is 2.54. The van der Waals surface area contributed by atoms with Crippen LogP contribution in [0.5, 0.6) is 0 Å². The monoisotopic (exact) mass is 783 g/mol. The van der Waals surface area contributed by atoms with Crippen molar-refractivity contribution in [3.05, 3.63) is 59.7 Å². The highest BCUT2D eigenvalue weighted by Crippen LogP contribution is 2.52. The van der Waals surface area contributed by atoms with Gasteiger partial charge in [0.2, 0.25) is 0 Å². The van der Waals surface area contributed by atoms with Gasteiger partial charge in [0.1, 0.15) is 11.6 Å². The van der Waals surface area contributed by atoms with E-state index < -0.39 is 44.0 Å². The lowest BCUT2D eigenvalue weighted by atomic mass is 9.57. The summed E-state index contributed by atoms with van der Waals surface area (Å²) in [5.74, 6) is 3.78. The van der Waals surface area contributed by atoms with Gasteiger partial charge in [-0.2, -0.15) is 0 Å². The van der Waals surface area contributed by atoms with E-state index in [2.05, 4.69) is 27.0 Å². The number of hydrogen-bond acceptors (Lipinski definition) is 8. The third kappa shape index (κ3) is 7.94. The first kappa shape index (κ1) is 39.4. The number of likely N-dealkylation sites (tertiary alicyclic amines) is 3. The summed E-state index contributed by atoms with van der Waals surface area (Å²) >= 11 is 0. The van der Waals surface area contributed by atoms with Gasteiger partial charge in [0.05, 0.1) is 36.0 Å². The summed E-state index contributed by atoms with van der Waals surface area (Å²) < 4.78 is 78.4. The molecule has 2 aromatic carbocycles. The predicted octanol–water partition coefficient (Wildman–Crippen LogP) is 4.77. The van der Waals surface area contributed by atoms with Crippen molar-refractivity contribution < 1.29 is 35.9 Å². The standard InChI is InChI=1S/C41H52F3N5O5S/c1-3-7-38(50)48-21-16-33(24-48)55(52,53)32-12-13-37(35(43)23-32)49-26-40(44,27-49)25-47-19-14-29(15-20-47)41(28-46-17-6-18-46,30-8-4-9-31(42)22-30)34-10-5-11-36(34)45-39(51)54-2/h4,8-9,12-13,22-23,29,33-34,36H,5-6,10-11,14-21,24-28H2,1-2H3,(H,45,51)/t33-,34+,36+,41?/m1/s1. The Morgan fingerprint density at radius 3 is 2.38 bits per heavy atom. The molecule has 7 rings (SSSR count). The van der Waals surface area contributed by atoms with Crippen LogP contribution < -0.4 is 10.2 Å². The number of benzene rings is 2. The van der Waals surface area contributed by atoms with Crippen LogP contribution in [0.2, 0.25) is 0 Å². The molecule has 1 unspecified atom stereocenters. The minimum atomic E-state index is -3.90. The highest BCUT2D eigenvalue weighted by atomic mass is 32.2. The first-order valence-corrected chi connectivity index (χ1v) is 21.1. The summed E-state index contributed by atoms with van der Waals surface area (Å²) in [7, 11) is -2.53. The maximum Gasteiger partial charge on any atom is 0.407 e. The van der Waals surface area contributed by atoms with Crippen LogP contribution in [0.3, 0.4) is 0 Å². The Kier molecular flexibility index (Phi) is 11.5. The normalized spacial score (nSPS) is 25.7. The fraction of sp³-hybridized carbons (Fsp3) is 0.610. The third-order valence-electron chi connectivity index (χ3n) is 12.9. The second-order valence-corrected chi connectivity index (χ2v) is 18.4. The molecule has 4 atom stereocenters. The lowest BCUT2D eigenvalue weighted by Crippen LogP contribution is -2.65. The number of alkyl carbamates (subject to hydrolysis) is 1. The van der Waals surface area contributed by atoms with Crippen LogP contribution in [0, 0.1) is 35.3 Å². The van der Waals surface area contributed by atoms with Crippen molar-refractivity contribution in [1.82, 2.24) is 20.0 Å². The van der Waals surface area contributed by atoms with Gasteiger partial charge in [-0.1, -0.05) is 24.5 Å². The van der Waals surface area contributed by atoms with Crippen molar-refractivity contribution in [2.45, 2.75) is 79.1 Å². The number of carbonyl (C=O) groups excluding carboxylic acids is 2. The highest BCUT2D eigenvalue weighted by molar-refractivity contribution is 7.92. The summed E-state index contributed by atoms with van der Waals surface area (Å²) in [4.78, 5) is 32.1. The van der Waals surface area contributed by atoms with Crippen LogP contribution in [0.4, 0.5) is 23.7 Å². The molecule has 14 heteroatoms. The zero-order valence-corrected chi connectivity index (χ0v) is 32.6. The number of ether oxygens (including phenoxy) is 1. The number of sulfone groups is 1. The molecule has 0 radical (unpaired) electrons. The molecule has 4 heterocycles. The summed E-state index contributed by atoms with van der Waals surface area (Å²) in [5, 5.41) is 2.26. The zero-order valence-electron chi connectivity index (χ0n) is 31.7. The Morgan fingerprint density at radius 1 is 0.964 bits per heavy atom. The zero-order chi connectivity index (χ0) is 39.0. The van der Waals surface area contributed by atoms with E-state index in [0.29, 0.717) is 13.1 Å². The van der Waals surface area contributed by atoms with Crippen LogP contribution in [-0.2, 0) is 24.8 Å². The molecule has 0 spiro atoms. The molecule has 2 aromatic rings. The fourth-order valence-electron chi connectivity index (χ4n) is 10.1. The van der Waals surface area contributed by atoms with Crippen molar-refractivity contribution >= 4 is 27.5 Å². The van der Waals surface area contributed by atoms with Crippen LogP contribution in [0.1, 0.15) is 57.4 Å². The van der Waals surface area contributed by atoms with Gasteiger partial charge in [0.25, 0.3) is 5.91 Å². The van der Waals surface area contributed by atoms with E-state index in [0.717, 1.165) is 69.8 Å². The number of anilines is 1. The Bertz CT molecular complexity index is 1920. The Balaban J connectivity index is 1.01. The number of carbonyl (C=O) groups is 2. The quantitative estimate of drug-likeness (QED) is 0.326. The van der Waals surface area contributed by atoms with E-state index in [1.54, 1.807) is 17.0 Å². The van der Waals surface area contributed by atoms with Gasteiger partial charge in [0.15, 0.2) is 15.5 Å². The summed E-state index contributed by atoms with van der Waals surface area (Å²) in [6.45, 7) is 6.02. The van der Waals surface area contributed by atoms with Crippen LogP contribution >= 0.6 is 0 Å². The van der Waals surface area contributed by atoms with Crippen molar-refractivity contribution in [3.63, 3.8) is 0 Å². The second-order valence-electron chi connectivity index (χ2n) is 16.2. The maximum absolute atomic E-state index is 16.3. The number of halogens is 3. The number of amides is 2. The molecule has 1 aliphatic carbocycles. The Labute approximate surface area is 322 Å². The molecule has 5 fully saturated rings. The molecule has 1 N–H and O–H groups in total. The smallest absolute Gasteiger partial charge is 0.407 e. The van der Waals surface area contributed by atoms with Crippen LogP contribution in [0.15, 0.2) is 47.4 Å². The van der Waals surface area contributed by atoms with Crippen molar-refractivity contribution in [1.29, 1.82) is 0 Å². The molecule has 1 saturated carbocycles. The van der Waals surface area contributed by atoms with Gasteiger partial charge in [-0.05, 0) is 125 Å². The molecule has 4 saturated heterocycles. The molecule has 0 aromatic heterocycles. The lowest BCUT2D eigenvalue weighted by Gasteiger charge is -2.54. The van der Waals surface area contributed by atoms with Crippen LogP contribution in [-0.4, -0.2) is 125 Å². The number of piperidine rings is 1. The minimum absolute atomic E-state index is 0.00486. The molecule has 5 aliphatic rings. The van der Waals surface area contributed by atoms with E-state index in [-0.39, 0.29) is 73.4 Å². The van der Waals surface area contributed by atoms with Gasteiger partial charge >= 0.3 is 6.09 Å². The SMILES string of the molecule is CC#CC(=O)N1CC[C@@H](S(=O)(=O)c2ccc(N3CC(F)(CN4CCC(C(CN5CCC5)(c5cccc(F)c5)[C@H]5CCC[C@@H]5NC(=O)OC)CC4)C3)c(F)c2)C1. The summed E-state index contributed by atoms with van der Waals surface area (Å²) in [6, 6.07) is 10.6. The summed E-state index contributed by atoms with van der Waals surface area (Å²) in [6.07, 6.45) is 5.16. The molecule has 0 bridgehead atoms. The lowest BCUT2D eigenvalue weighted by molar-refractivity contribution is -0.124. The fourth-order valence-corrected chi connectivity index (χ4v) is 11.8. The molecule has 55 heavy (non-hydrogen) atoms. The maximum atomic E-state index is 16.3. The van der Waals surface area contributed by atoms with Gasteiger partial charge in [0, 0.05) is 37.6 Å². The van der Waals surface area contributed by atoms with E-state index in [4.69, 9.17) is 4.74 Å². The van der Waals surface area contributed by atoms with Crippen molar-refractivity contribution in [2.75, 3.05) is 77.5 Å². The molecular formula is C41H52F3N5O5S. The molecule has 2 amide bonds. The number of nitrogens with zero attached hydrogens (tertiary/aromatic N) is 4. The average molecular weight is 784 g/mol. The second kappa shape index (κ2) is 16.0. The van der Waals surface area contributed by atoms with Gasteiger partial charge in [-0.25, -0.2) is 26.4 Å². The predicted molar refractivity (Wildman–Crippen MR) is 203 cm³/mol. The average Bonchev–Trinajstić information content (AvgIpc) is 3.82. The van der Waals surface area contributed by atoms with Crippen LogP contribution in [0.25, 0.3) is 0 Å². The largest absolute Gasteiger partial charge is 0.453 e. The van der Waals surface area contributed by atoms with E-state index in [9.17, 15) is 22.4 Å². The van der Waals surface area contributed by atoms with E-state index in [1.807, 2.05) is 6.07 Å². The first-order chi connectivity index (χ1) is 26.3. The topological polar surface area (TPSA) is 103 Å². The molecule has 10 nitrogen and oxygen atoms in total.